The molecule has 2 aliphatic rings. The minimum atomic E-state index is 0.0807. The zero-order chi connectivity index (χ0) is 12.7. The van der Waals surface area contributed by atoms with Gasteiger partial charge < -0.3 is 0 Å². The van der Waals surface area contributed by atoms with Crippen LogP contribution in [0.3, 0.4) is 0 Å². The maximum Gasteiger partial charge on any atom is 0.119 e. The van der Waals surface area contributed by atoms with Crippen LogP contribution in [-0.4, -0.2) is 16.4 Å². The van der Waals surface area contributed by atoms with Crippen molar-refractivity contribution < 1.29 is 0 Å². The number of aryl methyl sites for hydroxylation is 2. The molecule has 1 atom stereocenters. The Balaban J connectivity index is 2.03. The summed E-state index contributed by atoms with van der Waals surface area (Å²) in [6.07, 6.45) is 1.55. The number of rotatable bonds is 1. The first kappa shape index (κ1) is 11.8. The summed E-state index contributed by atoms with van der Waals surface area (Å²) in [6, 6.07) is 6.52. The van der Waals surface area contributed by atoms with Crippen LogP contribution in [0.4, 0.5) is 0 Å². The largest absolute Gasteiger partial charge is 0.233 e. The van der Waals surface area contributed by atoms with E-state index < -0.39 is 0 Å². The summed E-state index contributed by atoms with van der Waals surface area (Å²) in [4.78, 5) is 9.18. The molecule has 0 fully saturated rings. The van der Waals surface area contributed by atoms with Crippen LogP contribution in [0, 0.1) is 19.8 Å². The number of benzene rings is 1. The molecular weight excluding hydrogens is 260 g/mol. The van der Waals surface area contributed by atoms with Gasteiger partial charge in [-0.25, -0.2) is 9.98 Å². The maximum absolute atomic E-state index is 5.35. The van der Waals surface area contributed by atoms with Crippen LogP contribution in [0.5, 0.6) is 0 Å². The van der Waals surface area contributed by atoms with Crippen LogP contribution in [0.1, 0.15) is 16.7 Å². The molecule has 0 bridgehead atoms. The summed E-state index contributed by atoms with van der Waals surface area (Å²) in [7, 11) is 0. The molecule has 0 radical (unpaired) electrons. The average molecular weight is 272 g/mol. The monoisotopic (exact) mass is 272 g/mol. The van der Waals surface area contributed by atoms with Crippen LogP contribution >= 0.6 is 24.0 Å². The molecule has 0 N–H and O–H groups in total. The van der Waals surface area contributed by atoms with Crippen molar-refractivity contribution in [3.05, 3.63) is 40.3 Å². The second-order valence-electron chi connectivity index (χ2n) is 4.47. The molecule has 0 aliphatic carbocycles. The SMILES string of the molecule is Cc1ccc(C2=CSC3=NC=NC(=S)C23)cc1C. The van der Waals surface area contributed by atoms with Gasteiger partial charge >= 0.3 is 0 Å². The van der Waals surface area contributed by atoms with Gasteiger partial charge in [0.1, 0.15) is 11.3 Å². The number of thioether (sulfide) groups is 1. The minimum absolute atomic E-state index is 0.0807. The lowest BCUT2D eigenvalue weighted by atomic mass is 9.92. The summed E-state index contributed by atoms with van der Waals surface area (Å²) in [5.74, 6) is 0.0807. The molecule has 2 aliphatic heterocycles. The highest BCUT2D eigenvalue weighted by molar-refractivity contribution is 8.17. The predicted molar refractivity (Wildman–Crippen MR) is 83.5 cm³/mol. The van der Waals surface area contributed by atoms with Crippen molar-refractivity contribution >= 4 is 45.9 Å². The van der Waals surface area contributed by atoms with Gasteiger partial charge in [-0.1, -0.05) is 42.2 Å². The second kappa shape index (κ2) is 4.44. The fourth-order valence-electron chi connectivity index (χ4n) is 2.11. The summed E-state index contributed by atoms with van der Waals surface area (Å²) < 4.78 is 0. The Morgan fingerprint density at radius 1 is 1.22 bits per heavy atom. The van der Waals surface area contributed by atoms with Gasteiger partial charge in [-0.3, -0.25) is 0 Å². The average Bonchev–Trinajstić information content (AvgIpc) is 2.78. The molecule has 1 unspecified atom stereocenters. The number of fused-ring (bicyclic) bond motifs is 1. The summed E-state index contributed by atoms with van der Waals surface area (Å²) in [5.41, 5.74) is 5.06. The molecule has 0 spiro atoms. The van der Waals surface area contributed by atoms with Gasteiger partial charge in [-0.15, -0.1) is 0 Å². The number of aliphatic imine (C=N–C) groups is 2. The van der Waals surface area contributed by atoms with Gasteiger partial charge in [0, 0.05) is 0 Å². The quantitative estimate of drug-likeness (QED) is 0.727. The number of hydrogen-bond acceptors (Lipinski definition) is 3. The van der Waals surface area contributed by atoms with E-state index in [1.807, 2.05) is 0 Å². The van der Waals surface area contributed by atoms with Gasteiger partial charge in [0.05, 0.1) is 11.0 Å². The molecule has 90 valence electrons. The van der Waals surface area contributed by atoms with E-state index >= 15 is 0 Å². The van der Waals surface area contributed by atoms with E-state index in [0.29, 0.717) is 0 Å². The molecule has 3 rings (SSSR count). The fourth-order valence-corrected chi connectivity index (χ4v) is 3.47. The van der Waals surface area contributed by atoms with Crippen molar-refractivity contribution in [2.45, 2.75) is 13.8 Å². The van der Waals surface area contributed by atoms with Crippen molar-refractivity contribution in [2.24, 2.45) is 15.9 Å². The highest BCUT2D eigenvalue weighted by Gasteiger charge is 2.32. The lowest BCUT2D eigenvalue weighted by Gasteiger charge is -2.16. The normalized spacial score (nSPS) is 21.7. The molecule has 0 saturated carbocycles. The predicted octanol–water partition coefficient (Wildman–Crippen LogP) is 3.78. The molecular formula is C14H12N2S2. The Hall–Kier alpha value is -1.26. The zero-order valence-corrected chi connectivity index (χ0v) is 11.8. The molecule has 0 amide bonds. The Morgan fingerprint density at radius 3 is 2.83 bits per heavy atom. The van der Waals surface area contributed by atoms with Crippen molar-refractivity contribution in [3.8, 4) is 0 Å². The number of thiocarbonyl (C=S) groups is 1. The third kappa shape index (κ3) is 1.85. The summed E-state index contributed by atoms with van der Waals surface area (Å²) in [5, 5.41) is 3.19. The molecule has 1 aromatic rings. The molecule has 18 heavy (non-hydrogen) atoms. The fraction of sp³-hybridized carbons (Fsp3) is 0.214. The van der Waals surface area contributed by atoms with Crippen LogP contribution in [-0.2, 0) is 0 Å². The van der Waals surface area contributed by atoms with E-state index in [1.165, 1.54) is 22.3 Å². The van der Waals surface area contributed by atoms with E-state index in [2.05, 4.69) is 47.4 Å². The summed E-state index contributed by atoms with van der Waals surface area (Å²) >= 11 is 7.00. The van der Waals surface area contributed by atoms with Crippen molar-refractivity contribution in [1.82, 2.24) is 0 Å². The van der Waals surface area contributed by atoms with Gasteiger partial charge in [-0.05, 0) is 41.5 Å². The number of nitrogens with zero attached hydrogens (tertiary/aromatic N) is 2. The zero-order valence-electron chi connectivity index (χ0n) is 10.2. The van der Waals surface area contributed by atoms with E-state index in [-0.39, 0.29) is 5.92 Å². The lowest BCUT2D eigenvalue weighted by molar-refractivity contribution is 1.23. The van der Waals surface area contributed by atoms with E-state index in [0.717, 1.165) is 10.0 Å². The van der Waals surface area contributed by atoms with Crippen LogP contribution in [0.2, 0.25) is 0 Å². The Kier molecular flexibility index (Phi) is 2.92. The first-order chi connectivity index (χ1) is 8.66. The topological polar surface area (TPSA) is 24.7 Å². The van der Waals surface area contributed by atoms with Crippen molar-refractivity contribution in [2.75, 3.05) is 0 Å². The maximum atomic E-state index is 5.35. The highest BCUT2D eigenvalue weighted by atomic mass is 32.2. The first-order valence-corrected chi connectivity index (χ1v) is 7.04. The second-order valence-corrected chi connectivity index (χ2v) is 5.78. The summed E-state index contributed by atoms with van der Waals surface area (Å²) in [6.45, 7) is 4.26. The molecule has 2 heterocycles. The third-order valence-electron chi connectivity index (χ3n) is 3.32. The minimum Gasteiger partial charge on any atom is -0.233 e. The smallest absolute Gasteiger partial charge is 0.119 e. The van der Waals surface area contributed by atoms with E-state index in [4.69, 9.17) is 12.2 Å². The number of hydrogen-bond donors (Lipinski definition) is 0. The Bertz CT molecular complexity index is 627. The molecule has 1 aromatic carbocycles. The van der Waals surface area contributed by atoms with Gasteiger partial charge in [-0.2, -0.15) is 0 Å². The van der Waals surface area contributed by atoms with Crippen LogP contribution < -0.4 is 0 Å². The van der Waals surface area contributed by atoms with Crippen LogP contribution in [0.15, 0.2) is 33.6 Å². The molecule has 0 saturated heterocycles. The standard InChI is InChI=1S/C14H12N2S2/c1-8-3-4-10(5-9(8)2)11-6-18-14-12(11)13(17)15-7-16-14/h3-7,12H,1-2H3. The highest BCUT2D eigenvalue weighted by Crippen LogP contribution is 2.40. The van der Waals surface area contributed by atoms with Gasteiger partial charge in [0.25, 0.3) is 0 Å². The third-order valence-corrected chi connectivity index (χ3v) is 4.62. The van der Waals surface area contributed by atoms with E-state index in [9.17, 15) is 0 Å². The first-order valence-electron chi connectivity index (χ1n) is 5.75. The molecule has 2 nitrogen and oxygen atoms in total. The lowest BCUT2D eigenvalue weighted by Crippen LogP contribution is -2.20. The van der Waals surface area contributed by atoms with Gasteiger partial charge in [0.15, 0.2) is 0 Å². The molecule has 0 aromatic heterocycles. The van der Waals surface area contributed by atoms with Gasteiger partial charge in [0.2, 0.25) is 0 Å². The van der Waals surface area contributed by atoms with Crippen molar-refractivity contribution in [3.63, 3.8) is 0 Å². The molecule has 4 heteroatoms. The van der Waals surface area contributed by atoms with E-state index in [1.54, 1.807) is 18.1 Å². The van der Waals surface area contributed by atoms with Crippen LogP contribution in [0.25, 0.3) is 5.57 Å². The Labute approximate surface area is 116 Å². The van der Waals surface area contributed by atoms with Crippen molar-refractivity contribution in [1.29, 1.82) is 0 Å². The Morgan fingerprint density at radius 2 is 2.06 bits per heavy atom.